The number of benzene rings is 1. The molecule has 2 rings (SSSR count). The number of rotatable bonds is 2. The van der Waals surface area contributed by atoms with Crippen LogP contribution in [0.4, 0.5) is 5.69 Å². The van der Waals surface area contributed by atoms with Crippen molar-refractivity contribution in [2.24, 2.45) is 0 Å². The Hall–Kier alpha value is -1.39. The highest BCUT2D eigenvalue weighted by molar-refractivity contribution is 6.06. The van der Waals surface area contributed by atoms with Gasteiger partial charge in [-0.15, -0.1) is 0 Å². The molecule has 1 aromatic carbocycles. The second-order valence-corrected chi connectivity index (χ2v) is 3.77. The third kappa shape index (κ3) is 1.26. The molecule has 1 unspecified atom stereocenters. The maximum Gasteiger partial charge on any atom is 0.264 e. The van der Waals surface area contributed by atoms with Crippen molar-refractivity contribution < 1.29 is 9.90 Å². The van der Waals surface area contributed by atoms with E-state index in [1.807, 2.05) is 18.2 Å². The number of hydrogen-bond acceptors (Lipinski definition) is 3. The molecule has 1 heterocycles. The summed E-state index contributed by atoms with van der Waals surface area (Å²) in [5, 5.41) is 13.2. The lowest BCUT2D eigenvalue weighted by Gasteiger charge is -2.21. The molecule has 0 saturated heterocycles. The first-order valence-corrected chi connectivity index (χ1v) is 4.86. The van der Waals surface area contributed by atoms with Gasteiger partial charge in [-0.05, 0) is 13.1 Å². The highest BCUT2D eigenvalue weighted by Gasteiger charge is 2.47. The zero-order valence-corrected chi connectivity index (χ0v) is 8.82. The molecule has 0 aromatic heterocycles. The van der Waals surface area contributed by atoms with Gasteiger partial charge < -0.3 is 15.3 Å². The summed E-state index contributed by atoms with van der Waals surface area (Å²) in [4.78, 5) is 13.4. The number of amides is 1. The Morgan fingerprint density at radius 2 is 2.13 bits per heavy atom. The number of carbonyl (C=O) groups excluding carboxylic acids is 1. The smallest absolute Gasteiger partial charge is 0.264 e. The molecular weight excluding hydrogens is 192 g/mol. The number of carbonyl (C=O) groups is 1. The van der Waals surface area contributed by atoms with Crippen molar-refractivity contribution in [3.8, 4) is 0 Å². The molecule has 4 nitrogen and oxygen atoms in total. The molecule has 0 spiro atoms. The zero-order valence-electron chi connectivity index (χ0n) is 8.82. The minimum atomic E-state index is -1.42. The molecule has 0 fully saturated rings. The Labute approximate surface area is 88.5 Å². The average molecular weight is 206 g/mol. The van der Waals surface area contributed by atoms with Crippen LogP contribution in [-0.4, -0.2) is 31.7 Å². The van der Waals surface area contributed by atoms with Crippen molar-refractivity contribution in [1.29, 1.82) is 0 Å². The third-order valence-corrected chi connectivity index (χ3v) is 2.80. The highest BCUT2D eigenvalue weighted by atomic mass is 16.3. The Balaban J connectivity index is 2.55. The first kappa shape index (κ1) is 10.1. The molecule has 1 atom stereocenters. The highest BCUT2D eigenvalue weighted by Crippen LogP contribution is 2.38. The number of nitrogens with one attached hydrogen (secondary N) is 1. The Morgan fingerprint density at radius 3 is 2.80 bits per heavy atom. The van der Waals surface area contributed by atoms with Crippen molar-refractivity contribution in [1.82, 2.24) is 5.32 Å². The summed E-state index contributed by atoms with van der Waals surface area (Å²) >= 11 is 0. The zero-order chi connectivity index (χ0) is 11.1. The standard InChI is InChI=1S/C11H14N2O2/c1-12-7-11(15)8-5-3-4-6-9(8)13(2)10(11)14/h3-6,12,15H,7H2,1-2H3. The number of likely N-dealkylation sites (N-methyl/N-ethyl adjacent to an activating group) is 2. The van der Waals surface area contributed by atoms with Crippen molar-refractivity contribution in [3.05, 3.63) is 29.8 Å². The van der Waals surface area contributed by atoms with Crippen LogP contribution >= 0.6 is 0 Å². The third-order valence-electron chi connectivity index (χ3n) is 2.80. The quantitative estimate of drug-likeness (QED) is 0.720. The van der Waals surface area contributed by atoms with E-state index < -0.39 is 5.60 Å². The van der Waals surface area contributed by atoms with Crippen molar-refractivity contribution in [2.75, 3.05) is 25.5 Å². The second kappa shape index (κ2) is 3.32. The first-order chi connectivity index (χ1) is 7.11. The van der Waals surface area contributed by atoms with Crippen LogP contribution in [0.3, 0.4) is 0 Å². The molecule has 0 radical (unpaired) electrons. The maximum absolute atomic E-state index is 11.9. The lowest BCUT2D eigenvalue weighted by molar-refractivity contribution is -0.135. The maximum atomic E-state index is 11.9. The summed E-state index contributed by atoms with van der Waals surface area (Å²) in [6, 6.07) is 7.30. The summed E-state index contributed by atoms with van der Waals surface area (Å²) in [6.07, 6.45) is 0. The number of anilines is 1. The van der Waals surface area contributed by atoms with Gasteiger partial charge in [-0.25, -0.2) is 0 Å². The first-order valence-electron chi connectivity index (χ1n) is 4.86. The topological polar surface area (TPSA) is 52.6 Å². The second-order valence-electron chi connectivity index (χ2n) is 3.77. The minimum absolute atomic E-state index is 0.229. The van der Waals surface area contributed by atoms with Crippen LogP contribution in [-0.2, 0) is 10.4 Å². The van der Waals surface area contributed by atoms with E-state index >= 15 is 0 Å². The van der Waals surface area contributed by atoms with Crippen LogP contribution in [0.2, 0.25) is 0 Å². The van der Waals surface area contributed by atoms with Crippen molar-refractivity contribution >= 4 is 11.6 Å². The molecule has 0 bridgehead atoms. The van der Waals surface area contributed by atoms with Gasteiger partial charge in [0.25, 0.3) is 5.91 Å². The van der Waals surface area contributed by atoms with Gasteiger partial charge >= 0.3 is 0 Å². The van der Waals surface area contributed by atoms with Gasteiger partial charge in [-0.1, -0.05) is 18.2 Å². The monoisotopic (exact) mass is 206 g/mol. The number of fused-ring (bicyclic) bond motifs is 1. The van der Waals surface area contributed by atoms with Crippen LogP contribution in [0.15, 0.2) is 24.3 Å². The Kier molecular flexibility index (Phi) is 2.25. The minimum Gasteiger partial charge on any atom is -0.374 e. The normalized spacial score (nSPS) is 24.5. The van der Waals surface area contributed by atoms with Gasteiger partial charge in [-0.3, -0.25) is 4.79 Å². The Morgan fingerprint density at radius 1 is 1.47 bits per heavy atom. The van der Waals surface area contributed by atoms with Crippen LogP contribution in [0.5, 0.6) is 0 Å². The van der Waals surface area contributed by atoms with Gasteiger partial charge in [0, 0.05) is 19.2 Å². The lowest BCUT2D eigenvalue weighted by Crippen LogP contribution is -2.45. The van der Waals surface area contributed by atoms with Gasteiger partial charge in [0.2, 0.25) is 0 Å². The summed E-state index contributed by atoms with van der Waals surface area (Å²) < 4.78 is 0. The van der Waals surface area contributed by atoms with E-state index in [1.165, 1.54) is 4.90 Å². The fourth-order valence-corrected chi connectivity index (χ4v) is 2.04. The fourth-order valence-electron chi connectivity index (χ4n) is 2.04. The fraction of sp³-hybridized carbons (Fsp3) is 0.364. The number of aliphatic hydroxyl groups is 1. The molecule has 1 aromatic rings. The molecule has 1 aliphatic heterocycles. The van der Waals surface area contributed by atoms with Crippen molar-refractivity contribution in [2.45, 2.75) is 5.60 Å². The number of nitrogens with zero attached hydrogens (tertiary/aromatic N) is 1. The molecule has 15 heavy (non-hydrogen) atoms. The average Bonchev–Trinajstić information content (AvgIpc) is 2.43. The predicted octanol–water partition coefficient (Wildman–Crippen LogP) is 0.0700. The van der Waals surface area contributed by atoms with E-state index in [0.717, 1.165) is 5.69 Å². The SMILES string of the molecule is CNCC1(O)C(=O)N(C)c2ccccc21. The van der Waals surface area contributed by atoms with E-state index in [9.17, 15) is 9.90 Å². The molecule has 80 valence electrons. The van der Waals surface area contributed by atoms with Gasteiger partial charge in [-0.2, -0.15) is 0 Å². The van der Waals surface area contributed by atoms with Gasteiger partial charge in [0.15, 0.2) is 5.60 Å². The predicted molar refractivity (Wildman–Crippen MR) is 57.7 cm³/mol. The summed E-state index contributed by atoms with van der Waals surface area (Å²) in [5.74, 6) is -0.280. The molecule has 1 amide bonds. The molecule has 1 aliphatic rings. The molecule has 0 saturated carbocycles. The molecule has 4 heteroatoms. The van der Waals surface area contributed by atoms with Gasteiger partial charge in [0.05, 0.1) is 5.69 Å². The van der Waals surface area contributed by atoms with Crippen molar-refractivity contribution in [3.63, 3.8) is 0 Å². The molecular formula is C11H14N2O2. The summed E-state index contributed by atoms with van der Waals surface area (Å²) in [7, 11) is 3.39. The van der Waals surface area contributed by atoms with E-state index in [1.54, 1.807) is 20.2 Å². The van der Waals surface area contributed by atoms with Gasteiger partial charge in [0.1, 0.15) is 0 Å². The van der Waals surface area contributed by atoms with E-state index in [2.05, 4.69) is 5.32 Å². The summed E-state index contributed by atoms with van der Waals surface area (Å²) in [5.41, 5.74) is 0.0344. The molecule has 0 aliphatic carbocycles. The summed E-state index contributed by atoms with van der Waals surface area (Å²) in [6.45, 7) is 0.229. The number of para-hydroxylation sites is 1. The Bertz CT molecular complexity index is 405. The van der Waals surface area contributed by atoms with E-state index in [4.69, 9.17) is 0 Å². The molecule has 2 N–H and O–H groups in total. The van der Waals surface area contributed by atoms with Crippen LogP contribution < -0.4 is 10.2 Å². The lowest BCUT2D eigenvalue weighted by atomic mass is 9.95. The van der Waals surface area contributed by atoms with Crippen LogP contribution in [0, 0.1) is 0 Å². The number of hydrogen-bond donors (Lipinski definition) is 2. The van der Waals surface area contributed by atoms with E-state index in [-0.39, 0.29) is 12.5 Å². The largest absolute Gasteiger partial charge is 0.374 e. The van der Waals surface area contributed by atoms with Crippen LogP contribution in [0.1, 0.15) is 5.56 Å². The van der Waals surface area contributed by atoms with E-state index in [0.29, 0.717) is 5.56 Å². The van der Waals surface area contributed by atoms with Crippen LogP contribution in [0.25, 0.3) is 0 Å².